The van der Waals surface area contributed by atoms with Gasteiger partial charge in [-0.1, -0.05) is 70.2 Å². The molecular weight excluding hydrogens is 456 g/mol. The molecule has 0 unspecified atom stereocenters. The third-order valence-electron chi connectivity index (χ3n) is 7.69. The van der Waals surface area contributed by atoms with Crippen LogP contribution in [0.1, 0.15) is 45.2 Å². The minimum Gasteiger partial charge on any atom is -0.497 e. The van der Waals surface area contributed by atoms with Crippen LogP contribution in [0, 0.1) is 5.41 Å². The first-order chi connectivity index (χ1) is 16.5. The predicted octanol–water partition coefficient (Wildman–Crippen LogP) is 6.61. The van der Waals surface area contributed by atoms with E-state index in [2.05, 4.69) is 52.9 Å². The van der Waals surface area contributed by atoms with E-state index >= 15 is 0 Å². The first-order valence-corrected chi connectivity index (χ1v) is 15.5. The summed E-state index contributed by atoms with van der Waals surface area (Å²) in [5.41, 5.74) is 2.05. The van der Waals surface area contributed by atoms with Gasteiger partial charge in [0.2, 0.25) is 0 Å². The Morgan fingerprint density at radius 1 is 0.914 bits per heavy atom. The van der Waals surface area contributed by atoms with Gasteiger partial charge in [0, 0.05) is 12.5 Å². The normalized spacial score (nSPS) is 25.1. The molecule has 4 atom stereocenters. The van der Waals surface area contributed by atoms with Crippen molar-refractivity contribution < 1.29 is 23.4 Å². The maximum absolute atomic E-state index is 7.04. The lowest BCUT2D eigenvalue weighted by Gasteiger charge is -2.44. The number of rotatable bonds is 11. The van der Waals surface area contributed by atoms with E-state index in [9.17, 15) is 0 Å². The monoisotopic (exact) mass is 500 g/mol. The summed E-state index contributed by atoms with van der Waals surface area (Å²) in [5, 5.41) is 0.0964. The Morgan fingerprint density at radius 3 is 2.11 bits per heavy atom. The van der Waals surface area contributed by atoms with Gasteiger partial charge >= 0.3 is 0 Å². The lowest BCUT2D eigenvalue weighted by atomic mass is 9.87. The van der Waals surface area contributed by atoms with Crippen LogP contribution in [0.5, 0.6) is 5.75 Å². The van der Waals surface area contributed by atoms with E-state index in [0.29, 0.717) is 19.8 Å². The van der Waals surface area contributed by atoms with Gasteiger partial charge in [-0.05, 0) is 47.8 Å². The van der Waals surface area contributed by atoms with Crippen LogP contribution < -0.4 is 4.74 Å². The van der Waals surface area contributed by atoms with Crippen molar-refractivity contribution in [2.24, 2.45) is 5.41 Å². The standard InChI is InChI=1S/C29H44O5Si/c1-28(2,3)35(7,8)34-27-26(31-6)25(33-20-23-14-16-24(30-5)17-15-23)18-29(27,4)21-32-19-22-12-10-9-11-13-22/h9-17,25-27H,18-21H2,1-8H3/t25-,26-,27+,29-/m0/s1. The summed E-state index contributed by atoms with van der Waals surface area (Å²) in [5.74, 6) is 0.843. The molecule has 0 bridgehead atoms. The molecule has 0 saturated heterocycles. The van der Waals surface area contributed by atoms with Gasteiger partial charge in [-0.25, -0.2) is 0 Å². The maximum atomic E-state index is 7.04. The molecule has 0 amide bonds. The third-order valence-corrected chi connectivity index (χ3v) is 12.1. The van der Waals surface area contributed by atoms with Gasteiger partial charge < -0.3 is 23.4 Å². The van der Waals surface area contributed by atoms with Crippen molar-refractivity contribution in [1.82, 2.24) is 0 Å². The summed E-state index contributed by atoms with van der Waals surface area (Å²) in [6.07, 6.45) is 0.468. The highest BCUT2D eigenvalue weighted by atomic mass is 28.4. The molecule has 6 heteroatoms. The van der Waals surface area contributed by atoms with Crippen LogP contribution in [0.25, 0.3) is 0 Å². The fourth-order valence-electron chi connectivity index (χ4n) is 4.46. The fraction of sp³-hybridized carbons (Fsp3) is 0.586. The van der Waals surface area contributed by atoms with E-state index in [-0.39, 0.29) is 28.8 Å². The van der Waals surface area contributed by atoms with E-state index in [1.165, 1.54) is 5.56 Å². The zero-order valence-electron chi connectivity index (χ0n) is 22.8. The Kier molecular flexibility index (Phi) is 9.21. The molecule has 2 aromatic carbocycles. The zero-order valence-corrected chi connectivity index (χ0v) is 23.8. The molecule has 2 aromatic rings. The Morgan fingerprint density at radius 2 is 1.54 bits per heavy atom. The van der Waals surface area contributed by atoms with E-state index in [4.69, 9.17) is 23.4 Å². The van der Waals surface area contributed by atoms with Crippen LogP contribution >= 0.6 is 0 Å². The molecule has 1 aliphatic carbocycles. The van der Waals surface area contributed by atoms with Crippen molar-refractivity contribution in [2.75, 3.05) is 20.8 Å². The number of hydrogen-bond donors (Lipinski definition) is 0. The first-order valence-electron chi connectivity index (χ1n) is 12.6. The highest BCUT2D eigenvalue weighted by Crippen LogP contribution is 2.48. The van der Waals surface area contributed by atoms with Gasteiger partial charge in [-0.2, -0.15) is 0 Å². The van der Waals surface area contributed by atoms with Crippen LogP contribution in [0.3, 0.4) is 0 Å². The van der Waals surface area contributed by atoms with Gasteiger partial charge in [0.15, 0.2) is 8.32 Å². The van der Waals surface area contributed by atoms with Gasteiger partial charge in [0.1, 0.15) is 11.9 Å². The number of ether oxygens (including phenoxy) is 4. The van der Waals surface area contributed by atoms with Crippen molar-refractivity contribution in [2.45, 2.75) is 83.8 Å². The maximum Gasteiger partial charge on any atom is 0.192 e. The molecule has 0 aromatic heterocycles. The summed E-state index contributed by atoms with van der Waals surface area (Å²) in [7, 11) is 1.40. The van der Waals surface area contributed by atoms with Crippen LogP contribution in [0.15, 0.2) is 54.6 Å². The molecule has 5 nitrogen and oxygen atoms in total. The lowest BCUT2D eigenvalue weighted by Crippen LogP contribution is -2.52. The predicted molar refractivity (Wildman–Crippen MR) is 143 cm³/mol. The van der Waals surface area contributed by atoms with E-state index in [1.54, 1.807) is 14.2 Å². The Bertz CT molecular complexity index is 909. The van der Waals surface area contributed by atoms with Crippen LogP contribution in [0.2, 0.25) is 18.1 Å². The van der Waals surface area contributed by atoms with Gasteiger partial charge in [0.25, 0.3) is 0 Å². The molecule has 1 fully saturated rings. The van der Waals surface area contributed by atoms with Crippen LogP contribution in [-0.4, -0.2) is 47.5 Å². The van der Waals surface area contributed by atoms with E-state index in [1.807, 2.05) is 42.5 Å². The SMILES string of the molecule is COc1ccc(CO[C@H]2C[C@@](C)(COCc3ccccc3)[C@H](O[Si](C)(C)C(C)(C)C)[C@H]2OC)cc1. The molecule has 1 aliphatic rings. The van der Waals surface area contributed by atoms with Gasteiger partial charge in [0.05, 0.1) is 39.1 Å². The molecule has 0 aliphatic heterocycles. The molecule has 0 spiro atoms. The van der Waals surface area contributed by atoms with Crippen molar-refractivity contribution in [1.29, 1.82) is 0 Å². The largest absolute Gasteiger partial charge is 0.497 e. The fourth-order valence-corrected chi connectivity index (χ4v) is 5.87. The van der Waals surface area contributed by atoms with Crippen LogP contribution in [-0.2, 0) is 31.9 Å². The van der Waals surface area contributed by atoms with E-state index < -0.39 is 8.32 Å². The summed E-state index contributed by atoms with van der Waals surface area (Å²) in [6, 6.07) is 18.3. The van der Waals surface area contributed by atoms with Crippen LogP contribution in [0.4, 0.5) is 0 Å². The quantitative estimate of drug-likeness (QED) is 0.325. The molecular formula is C29H44O5Si. The third kappa shape index (κ3) is 6.95. The Hall–Kier alpha value is -1.70. The molecule has 1 saturated carbocycles. The number of benzene rings is 2. The first kappa shape index (κ1) is 27.9. The van der Waals surface area contributed by atoms with Gasteiger partial charge in [-0.3, -0.25) is 0 Å². The molecule has 35 heavy (non-hydrogen) atoms. The number of methoxy groups -OCH3 is 2. The summed E-state index contributed by atoms with van der Waals surface area (Å²) >= 11 is 0. The topological polar surface area (TPSA) is 46.2 Å². The van der Waals surface area contributed by atoms with Crippen molar-refractivity contribution in [3.05, 3.63) is 65.7 Å². The smallest absolute Gasteiger partial charge is 0.192 e. The highest BCUT2D eigenvalue weighted by molar-refractivity contribution is 6.74. The second-order valence-corrected chi connectivity index (χ2v) is 16.3. The molecule has 0 radical (unpaired) electrons. The minimum absolute atomic E-state index is 0.0813. The highest BCUT2D eigenvalue weighted by Gasteiger charge is 2.55. The number of hydrogen-bond acceptors (Lipinski definition) is 5. The summed E-state index contributed by atoms with van der Waals surface area (Å²) < 4.78 is 31.1. The van der Waals surface area contributed by atoms with Gasteiger partial charge in [-0.15, -0.1) is 0 Å². The van der Waals surface area contributed by atoms with E-state index in [0.717, 1.165) is 17.7 Å². The minimum atomic E-state index is -2.05. The zero-order chi connectivity index (χ0) is 25.7. The second kappa shape index (κ2) is 11.6. The second-order valence-electron chi connectivity index (χ2n) is 11.5. The van der Waals surface area contributed by atoms with Crippen molar-refractivity contribution in [3.63, 3.8) is 0 Å². The average molecular weight is 501 g/mol. The van der Waals surface area contributed by atoms with Crippen molar-refractivity contribution in [3.8, 4) is 5.75 Å². The van der Waals surface area contributed by atoms with Crippen molar-refractivity contribution >= 4 is 8.32 Å². The molecule has 194 valence electrons. The molecule has 0 N–H and O–H groups in total. The Balaban J connectivity index is 1.77. The average Bonchev–Trinajstić information content (AvgIpc) is 3.08. The summed E-state index contributed by atoms with van der Waals surface area (Å²) in [6.45, 7) is 15.4. The summed E-state index contributed by atoms with van der Waals surface area (Å²) in [4.78, 5) is 0. The lowest BCUT2D eigenvalue weighted by molar-refractivity contribution is -0.0895. The Labute approximate surface area is 213 Å². The molecule has 0 heterocycles. The molecule has 3 rings (SSSR count).